The predicted molar refractivity (Wildman–Crippen MR) is 570 cm³/mol. The van der Waals surface area contributed by atoms with Crippen LogP contribution in [0.3, 0.4) is 0 Å². The van der Waals surface area contributed by atoms with Gasteiger partial charge in [0, 0.05) is 83.6 Å². The van der Waals surface area contributed by atoms with E-state index in [0.717, 1.165) is 178 Å². The molecule has 0 aliphatic heterocycles. The second kappa shape index (κ2) is 35.9. The Morgan fingerprint density at radius 2 is 0.686 bits per heavy atom. The monoisotopic (exact) mass is 1760 g/mol. The summed E-state index contributed by atoms with van der Waals surface area (Å²) in [6.45, 7) is 0. The lowest BCUT2D eigenvalue weighted by atomic mass is 9.92. The third-order valence-corrected chi connectivity index (χ3v) is 25.5. The Labute approximate surface area is 788 Å². The third kappa shape index (κ3) is 16.2. The lowest BCUT2D eigenvalue weighted by Crippen LogP contribution is -1.94. The summed E-state index contributed by atoms with van der Waals surface area (Å²) in [5.41, 5.74) is 31.1. The number of para-hydroxylation sites is 8. The van der Waals surface area contributed by atoms with Crippen molar-refractivity contribution in [2.24, 2.45) is 0 Å². The van der Waals surface area contributed by atoms with E-state index in [9.17, 15) is 0 Å². The lowest BCUT2D eigenvalue weighted by Gasteiger charge is -2.14. The highest BCUT2D eigenvalue weighted by Crippen LogP contribution is 2.48. The molecule has 11 nitrogen and oxygen atoms in total. The second-order valence-corrected chi connectivity index (χ2v) is 34.1. The molecule has 4 N–H and O–H groups in total. The molecule has 0 aliphatic rings. The maximum Gasteiger partial charge on any atom is 0.227 e. The Kier molecular flexibility index (Phi) is 21.4. The third-order valence-electron chi connectivity index (χ3n) is 25.5. The average molecular weight is 1760 g/mol. The van der Waals surface area contributed by atoms with Crippen LogP contribution in [-0.4, -0.2) is 9.97 Å². The number of hydrogen-bond donors (Lipinski definition) is 4. The molecule has 648 valence electrons. The molecule has 0 fully saturated rings. The number of furan rings is 4. The van der Waals surface area contributed by atoms with Crippen LogP contribution < -0.4 is 21.3 Å². The molecule has 137 heavy (non-hydrogen) atoms. The maximum atomic E-state index is 6.60. The molecule has 0 radical (unpaired) electrons. The van der Waals surface area contributed by atoms with Crippen LogP contribution in [0.15, 0.2) is 508 Å². The fraction of sp³-hybridized carbons (Fsp3) is 0. The number of anilines is 8. The first-order valence-electron chi connectivity index (χ1n) is 45.9. The number of rotatable bonds is 15. The van der Waals surface area contributed by atoms with E-state index in [1.54, 1.807) is 0 Å². The molecular formula is C126H84N6O5. The van der Waals surface area contributed by atoms with Gasteiger partial charge in [0.25, 0.3) is 0 Å². The van der Waals surface area contributed by atoms with Gasteiger partial charge < -0.3 is 43.4 Å². The predicted octanol–water partition coefficient (Wildman–Crippen LogP) is 36.0. The van der Waals surface area contributed by atoms with Crippen molar-refractivity contribution in [3.8, 4) is 78.3 Å². The van der Waals surface area contributed by atoms with Crippen molar-refractivity contribution in [1.29, 1.82) is 0 Å². The molecule has 0 saturated carbocycles. The van der Waals surface area contributed by atoms with Crippen LogP contribution in [-0.2, 0) is 0 Å². The summed E-state index contributed by atoms with van der Waals surface area (Å²) in [6.07, 6.45) is 1.81. The van der Waals surface area contributed by atoms with Gasteiger partial charge in [-0.15, -0.1) is 0 Å². The van der Waals surface area contributed by atoms with Gasteiger partial charge >= 0.3 is 0 Å². The first kappa shape index (κ1) is 81.6. The molecule has 0 unspecified atom stereocenters. The molecule has 0 spiro atoms. The number of nitrogens with one attached hydrogen (secondary N) is 4. The summed E-state index contributed by atoms with van der Waals surface area (Å²) < 4.78 is 31.4. The molecule has 0 atom stereocenters. The number of pyridine rings is 1. The minimum absolute atomic E-state index is 0.584. The number of benzene rings is 21. The van der Waals surface area contributed by atoms with Crippen molar-refractivity contribution in [3.05, 3.63) is 485 Å². The topological polar surface area (TPSA) is 140 Å². The lowest BCUT2D eigenvalue weighted by molar-refractivity contribution is 0.620. The molecule has 27 rings (SSSR count). The largest absolute Gasteiger partial charge is 0.456 e. The van der Waals surface area contributed by atoms with E-state index < -0.39 is 0 Å². The van der Waals surface area contributed by atoms with Crippen LogP contribution in [0, 0.1) is 0 Å². The minimum atomic E-state index is 0.584. The van der Waals surface area contributed by atoms with Gasteiger partial charge in [-0.1, -0.05) is 322 Å². The molecule has 11 heteroatoms. The fourth-order valence-electron chi connectivity index (χ4n) is 19.0. The standard InChI is InChI=1S/C40H27NO.C32H21NO.C31H20N2O2.C23H16N2O/c1-2-12-28(13-3-1)33-17-6-7-18-34(33)35-23-24-37(39-36-19-8-9-20-38(36)42-40(35)39)41-32-16-10-15-30(26-32)31-22-21-27-11-4-5-14-29(27)25-31;1-2-11-23(12-3-1)33-29-19-22(20-31-32(29)27-16-8-9-17-30(27)34-31)28-18-21-10-4-5-13-24(21)25-14-6-7-15-26(25)28;1-2-8-20(9-3-1)21-14-16-23(17-15-21)32-27-19-22(31-33-26-11-5-7-13-29(26)35-31)18-25-24-10-4-6-12-28(24)34-30(25)27;1-2-8-16(9-3-1)25-21-14-18-17-10-4-5-12-22(17)26-23(18)15-19(21)20-11-6-7-13-24-20/h1-26,41H;1-20,33H;1-19,32H;1-15,25H. The Bertz CT molecular complexity index is 9130. The summed E-state index contributed by atoms with van der Waals surface area (Å²) in [7, 11) is 0. The Morgan fingerprint density at radius 1 is 0.182 bits per heavy atom. The molecule has 6 aromatic heterocycles. The highest BCUT2D eigenvalue weighted by molar-refractivity contribution is 6.20. The van der Waals surface area contributed by atoms with Crippen molar-refractivity contribution >= 4 is 177 Å². The quantitative estimate of drug-likeness (QED) is 0.0730. The van der Waals surface area contributed by atoms with Crippen LogP contribution in [0.5, 0.6) is 0 Å². The summed E-state index contributed by atoms with van der Waals surface area (Å²) in [5, 5.41) is 30.7. The van der Waals surface area contributed by atoms with Gasteiger partial charge in [0.1, 0.15) is 44.6 Å². The van der Waals surface area contributed by atoms with Crippen LogP contribution in [0.25, 0.3) is 210 Å². The first-order valence-corrected chi connectivity index (χ1v) is 45.9. The Morgan fingerprint density at radius 3 is 1.41 bits per heavy atom. The van der Waals surface area contributed by atoms with Gasteiger partial charge in [-0.25, -0.2) is 4.98 Å². The van der Waals surface area contributed by atoms with Gasteiger partial charge in [-0.2, -0.15) is 0 Å². The van der Waals surface area contributed by atoms with E-state index in [4.69, 9.17) is 27.1 Å². The van der Waals surface area contributed by atoms with Crippen molar-refractivity contribution < 1.29 is 22.1 Å². The number of nitrogens with zero attached hydrogens (tertiary/aromatic N) is 2. The highest BCUT2D eigenvalue weighted by Gasteiger charge is 2.24. The second-order valence-electron chi connectivity index (χ2n) is 34.1. The summed E-state index contributed by atoms with van der Waals surface area (Å²) >= 11 is 0. The molecule has 27 aromatic rings. The van der Waals surface area contributed by atoms with Crippen molar-refractivity contribution in [3.63, 3.8) is 0 Å². The summed E-state index contributed by atoms with van der Waals surface area (Å²) in [6, 6.07) is 165. The van der Waals surface area contributed by atoms with E-state index in [1.165, 1.54) is 71.3 Å². The van der Waals surface area contributed by atoms with Crippen LogP contribution in [0.2, 0.25) is 0 Å². The zero-order chi connectivity index (χ0) is 90.9. The molecular weight excluding hydrogens is 1680 g/mol. The highest BCUT2D eigenvalue weighted by atomic mass is 16.4. The van der Waals surface area contributed by atoms with Gasteiger partial charge in [0.15, 0.2) is 11.2 Å². The normalized spacial score (nSPS) is 11.4. The van der Waals surface area contributed by atoms with E-state index in [0.29, 0.717) is 5.89 Å². The number of hydrogen-bond acceptors (Lipinski definition) is 11. The first-order chi connectivity index (χ1) is 67.9. The maximum absolute atomic E-state index is 6.60. The van der Waals surface area contributed by atoms with Gasteiger partial charge in [0.2, 0.25) is 5.89 Å². The van der Waals surface area contributed by atoms with E-state index >= 15 is 0 Å². The van der Waals surface area contributed by atoms with Gasteiger partial charge in [-0.3, -0.25) is 4.98 Å². The Balaban J connectivity index is 0.000000101. The van der Waals surface area contributed by atoms with Crippen LogP contribution >= 0.6 is 0 Å². The average Bonchev–Trinajstić information content (AvgIpc) is 1.59. The van der Waals surface area contributed by atoms with E-state index in [-0.39, 0.29) is 0 Å². The smallest absolute Gasteiger partial charge is 0.227 e. The molecule has 6 heterocycles. The molecule has 0 amide bonds. The molecule has 0 aliphatic carbocycles. The molecule has 0 saturated heterocycles. The minimum Gasteiger partial charge on any atom is -0.456 e. The number of oxazole rings is 1. The van der Waals surface area contributed by atoms with E-state index in [1.807, 2.05) is 158 Å². The SMILES string of the molecule is c1ccc(-c2ccc(Nc3cc(-c4nc5ccccc5o4)cc4c3oc3ccccc34)cc2)cc1.c1ccc(-c2ccccc2-c2ccc(Nc3cccc(-c4ccc5ccccc5c4)c3)c3c2oc2ccccc23)cc1.c1ccc(Nc2cc(-c3cc4ccccc4c4ccccc34)cc3oc4ccccc4c23)cc1.c1ccc(Nc2cc3c(cc2-c2ccccn2)oc2ccccc23)cc1. The van der Waals surface area contributed by atoms with Gasteiger partial charge in [-0.05, 0) is 240 Å². The fourth-order valence-corrected chi connectivity index (χ4v) is 19.0. The van der Waals surface area contributed by atoms with E-state index in [2.05, 4.69) is 354 Å². The number of aromatic nitrogens is 2. The molecule has 0 bridgehead atoms. The zero-order valence-electron chi connectivity index (χ0n) is 74.1. The van der Waals surface area contributed by atoms with Crippen molar-refractivity contribution in [2.75, 3.05) is 21.3 Å². The Hall–Kier alpha value is -18.6. The van der Waals surface area contributed by atoms with Crippen LogP contribution in [0.1, 0.15) is 0 Å². The van der Waals surface area contributed by atoms with Crippen LogP contribution in [0.4, 0.5) is 45.5 Å². The zero-order valence-corrected chi connectivity index (χ0v) is 74.1. The van der Waals surface area contributed by atoms with Gasteiger partial charge in [0.05, 0.1) is 33.5 Å². The summed E-state index contributed by atoms with van der Waals surface area (Å²) in [5.74, 6) is 0.584. The molecule has 21 aromatic carbocycles. The van der Waals surface area contributed by atoms with Crippen molar-refractivity contribution in [1.82, 2.24) is 9.97 Å². The van der Waals surface area contributed by atoms with Crippen molar-refractivity contribution in [2.45, 2.75) is 0 Å². The number of fused-ring (bicyclic) bond motifs is 17. The summed E-state index contributed by atoms with van der Waals surface area (Å²) in [4.78, 5) is 9.25.